The Morgan fingerprint density at radius 2 is 1.89 bits per heavy atom. The van der Waals surface area contributed by atoms with Gasteiger partial charge < -0.3 is 8.92 Å². The van der Waals surface area contributed by atoms with Crippen molar-refractivity contribution in [2.45, 2.75) is 20.8 Å². The van der Waals surface area contributed by atoms with Gasteiger partial charge >= 0.3 is 16.1 Å². The van der Waals surface area contributed by atoms with Crippen LogP contribution in [0.3, 0.4) is 0 Å². The third-order valence-corrected chi connectivity index (χ3v) is 3.37. The summed E-state index contributed by atoms with van der Waals surface area (Å²) in [6, 6.07) is 6.12. The lowest BCUT2D eigenvalue weighted by atomic mass is 10.2. The van der Waals surface area contributed by atoms with Crippen LogP contribution in [-0.2, 0) is 14.9 Å². The molecule has 0 heterocycles. The summed E-state index contributed by atoms with van der Waals surface area (Å²) in [5.74, 6) is -0.548. The SMILES string of the molecule is CCS(=O)(=O)Oc1ccccc1C(=O)OCC(C)C. The zero-order chi connectivity index (χ0) is 14.5. The molecule has 1 aromatic rings. The van der Waals surface area contributed by atoms with Crippen LogP contribution in [0.2, 0.25) is 0 Å². The van der Waals surface area contributed by atoms with Gasteiger partial charge in [0.05, 0.1) is 12.4 Å². The van der Waals surface area contributed by atoms with Crippen molar-refractivity contribution >= 4 is 16.1 Å². The van der Waals surface area contributed by atoms with Gasteiger partial charge in [-0.1, -0.05) is 26.0 Å². The zero-order valence-corrected chi connectivity index (χ0v) is 12.1. The van der Waals surface area contributed by atoms with E-state index in [1.807, 2.05) is 13.8 Å². The van der Waals surface area contributed by atoms with E-state index < -0.39 is 16.1 Å². The molecule has 6 heteroatoms. The van der Waals surface area contributed by atoms with Crippen LogP contribution in [0.25, 0.3) is 0 Å². The van der Waals surface area contributed by atoms with Crippen molar-refractivity contribution in [3.8, 4) is 5.75 Å². The summed E-state index contributed by atoms with van der Waals surface area (Å²) in [4.78, 5) is 11.8. The highest BCUT2D eigenvalue weighted by atomic mass is 32.2. The number of para-hydroxylation sites is 1. The van der Waals surface area contributed by atoms with Crippen LogP contribution in [0.15, 0.2) is 24.3 Å². The molecule has 106 valence electrons. The topological polar surface area (TPSA) is 69.7 Å². The lowest BCUT2D eigenvalue weighted by Gasteiger charge is -2.11. The highest BCUT2D eigenvalue weighted by Crippen LogP contribution is 2.21. The third-order valence-electron chi connectivity index (χ3n) is 2.23. The third kappa shape index (κ3) is 4.90. The molecule has 0 N–H and O–H groups in total. The first-order chi connectivity index (χ1) is 8.85. The second-order valence-corrected chi connectivity index (χ2v) is 6.28. The molecule has 0 spiro atoms. The van der Waals surface area contributed by atoms with E-state index in [0.717, 1.165) is 0 Å². The first-order valence-corrected chi connectivity index (χ1v) is 7.61. The molecule has 0 aromatic heterocycles. The molecule has 19 heavy (non-hydrogen) atoms. The number of benzene rings is 1. The highest BCUT2D eigenvalue weighted by Gasteiger charge is 2.18. The molecule has 0 unspecified atom stereocenters. The summed E-state index contributed by atoms with van der Waals surface area (Å²) in [5, 5.41) is 0. The molecule has 0 aliphatic heterocycles. The van der Waals surface area contributed by atoms with Gasteiger partial charge in [0.1, 0.15) is 5.56 Å². The minimum atomic E-state index is -3.67. The van der Waals surface area contributed by atoms with Gasteiger partial charge in [-0.3, -0.25) is 0 Å². The van der Waals surface area contributed by atoms with Crippen LogP contribution >= 0.6 is 0 Å². The Hall–Kier alpha value is -1.56. The van der Waals surface area contributed by atoms with Gasteiger partial charge in [-0.15, -0.1) is 0 Å². The first-order valence-electron chi connectivity index (χ1n) is 6.04. The highest BCUT2D eigenvalue weighted by molar-refractivity contribution is 7.87. The summed E-state index contributed by atoms with van der Waals surface area (Å²) in [6.45, 7) is 5.57. The largest absolute Gasteiger partial charge is 0.462 e. The number of rotatable bonds is 6. The van der Waals surface area contributed by atoms with Gasteiger partial charge in [0.25, 0.3) is 0 Å². The van der Waals surface area contributed by atoms with Gasteiger partial charge in [-0.25, -0.2) is 4.79 Å². The fourth-order valence-corrected chi connectivity index (χ4v) is 1.76. The van der Waals surface area contributed by atoms with Crippen molar-refractivity contribution in [2.75, 3.05) is 12.4 Å². The fraction of sp³-hybridized carbons (Fsp3) is 0.462. The number of esters is 1. The average molecular weight is 286 g/mol. The van der Waals surface area contributed by atoms with Crippen molar-refractivity contribution in [1.82, 2.24) is 0 Å². The molecular weight excluding hydrogens is 268 g/mol. The molecule has 0 radical (unpaired) electrons. The summed E-state index contributed by atoms with van der Waals surface area (Å²) in [7, 11) is -3.67. The molecule has 1 rings (SSSR count). The molecule has 0 aliphatic carbocycles. The van der Waals surface area contributed by atoms with Gasteiger partial charge in [0.2, 0.25) is 0 Å². The minimum Gasteiger partial charge on any atom is -0.462 e. The van der Waals surface area contributed by atoms with Gasteiger partial charge in [-0.05, 0) is 25.0 Å². The van der Waals surface area contributed by atoms with Gasteiger partial charge in [0, 0.05) is 0 Å². The fourth-order valence-electron chi connectivity index (χ4n) is 1.22. The Morgan fingerprint density at radius 1 is 1.26 bits per heavy atom. The summed E-state index contributed by atoms with van der Waals surface area (Å²) in [5.41, 5.74) is 0.111. The van der Waals surface area contributed by atoms with Gasteiger partial charge in [-0.2, -0.15) is 8.42 Å². The van der Waals surface area contributed by atoms with E-state index in [9.17, 15) is 13.2 Å². The van der Waals surface area contributed by atoms with Crippen LogP contribution in [0.4, 0.5) is 0 Å². The minimum absolute atomic E-state index is 0.00175. The van der Waals surface area contributed by atoms with Crippen molar-refractivity contribution < 1.29 is 22.1 Å². The lowest BCUT2D eigenvalue weighted by Crippen LogP contribution is -2.16. The van der Waals surface area contributed by atoms with E-state index in [1.54, 1.807) is 12.1 Å². The standard InChI is InChI=1S/C13H18O5S/c1-4-19(15,16)18-12-8-6-5-7-11(12)13(14)17-9-10(2)3/h5-8,10H,4,9H2,1-3H3. The van der Waals surface area contributed by atoms with Crippen molar-refractivity contribution in [3.05, 3.63) is 29.8 Å². The van der Waals surface area contributed by atoms with Crippen LogP contribution in [0.1, 0.15) is 31.1 Å². The summed E-state index contributed by atoms with van der Waals surface area (Å²) < 4.78 is 32.8. The number of hydrogen-bond acceptors (Lipinski definition) is 5. The van der Waals surface area contributed by atoms with E-state index in [1.165, 1.54) is 19.1 Å². The molecule has 1 aromatic carbocycles. The molecule has 0 amide bonds. The Labute approximate surface area is 113 Å². The predicted molar refractivity (Wildman–Crippen MR) is 71.7 cm³/mol. The Balaban J connectivity index is 2.93. The molecule has 0 fully saturated rings. The maximum absolute atomic E-state index is 11.8. The Bertz CT molecular complexity index is 534. The van der Waals surface area contributed by atoms with Crippen LogP contribution in [-0.4, -0.2) is 26.7 Å². The second-order valence-electron chi connectivity index (χ2n) is 4.42. The molecule has 0 aliphatic rings. The monoisotopic (exact) mass is 286 g/mol. The normalized spacial score (nSPS) is 11.4. The number of hydrogen-bond donors (Lipinski definition) is 0. The number of carbonyl (C=O) groups is 1. The van der Waals surface area contributed by atoms with Gasteiger partial charge in [0.15, 0.2) is 5.75 Å². The summed E-state index contributed by atoms with van der Waals surface area (Å²) in [6.07, 6.45) is 0. The molecule has 5 nitrogen and oxygen atoms in total. The molecular formula is C13H18O5S. The quantitative estimate of drug-likeness (QED) is 0.592. The average Bonchev–Trinajstić information content (AvgIpc) is 2.36. The van der Waals surface area contributed by atoms with Crippen molar-refractivity contribution in [1.29, 1.82) is 0 Å². The smallest absolute Gasteiger partial charge is 0.341 e. The van der Waals surface area contributed by atoms with E-state index in [2.05, 4.69) is 0 Å². The molecule has 0 bridgehead atoms. The number of carbonyl (C=O) groups excluding carboxylic acids is 1. The second kappa shape index (κ2) is 6.56. The van der Waals surface area contributed by atoms with Crippen molar-refractivity contribution in [2.24, 2.45) is 5.92 Å². The van der Waals surface area contributed by atoms with E-state index in [4.69, 9.17) is 8.92 Å². The Kier molecular flexibility index (Phi) is 5.35. The summed E-state index contributed by atoms with van der Waals surface area (Å²) >= 11 is 0. The van der Waals surface area contributed by atoms with Crippen LogP contribution < -0.4 is 4.18 Å². The molecule has 0 saturated carbocycles. The van der Waals surface area contributed by atoms with E-state index >= 15 is 0 Å². The maximum atomic E-state index is 11.8. The zero-order valence-electron chi connectivity index (χ0n) is 11.3. The first kappa shape index (κ1) is 15.5. The van der Waals surface area contributed by atoms with Crippen LogP contribution in [0, 0.1) is 5.92 Å². The van der Waals surface area contributed by atoms with E-state index in [0.29, 0.717) is 0 Å². The predicted octanol–water partition coefficient (Wildman–Crippen LogP) is 2.23. The lowest BCUT2D eigenvalue weighted by molar-refractivity contribution is 0.0457. The number of ether oxygens (including phenoxy) is 1. The van der Waals surface area contributed by atoms with Crippen molar-refractivity contribution in [3.63, 3.8) is 0 Å². The van der Waals surface area contributed by atoms with Crippen LogP contribution in [0.5, 0.6) is 5.75 Å². The maximum Gasteiger partial charge on any atom is 0.341 e. The molecule has 0 atom stereocenters. The Morgan fingerprint density at radius 3 is 2.47 bits per heavy atom. The van der Waals surface area contributed by atoms with E-state index in [-0.39, 0.29) is 29.6 Å². The molecule has 0 saturated heterocycles.